The van der Waals surface area contributed by atoms with Gasteiger partial charge < -0.3 is 15.0 Å². The van der Waals surface area contributed by atoms with Crippen LogP contribution in [0.25, 0.3) is 6.08 Å². The Balaban J connectivity index is 2.31. The fourth-order valence-electron chi connectivity index (χ4n) is 2.71. The van der Waals surface area contributed by atoms with Crippen molar-refractivity contribution in [1.29, 1.82) is 0 Å². The lowest BCUT2D eigenvalue weighted by Crippen LogP contribution is -2.30. The monoisotopic (exact) mass is 418 g/mol. The Morgan fingerprint density at radius 3 is 2.34 bits per heavy atom. The molecule has 1 aromatic heterocycles. The van der Waals surface area contributed by atoms with E-state index in [9.17, 15) is 18.8 Å². The number of ether oxygens (including phenoxy) is 1. The van der Waals surface area contributed by atoms with E-state index in [0.29, 0.717) is 29.1 Å². The molecule has 0 spiro atoms. The molecule has 0 aliphatic carbocycles. The lowest BCUT2D eigenvalue weighted by molar-refractivity contribution is -0.111. The number of thiophene rings is 1. The molecule has 0 saturated carbocycles. The van der Waals surface area contributed by atoms with Gasteiger partial charge in [0.05, 0.1) is 17.6 Å². The molecule has 2 amide bonds. The summed E-state index contributed by atoms with van der Waals surface area (Å²) >= 11 is 1.04. The average Bonchev–Trinajstić information content (AvgIpc) is 3.03. The highest BCUT2D eigenvalue weighted by Gasteiger charge is 2.27. The molecule has 6 nitrogen and oxygen atoms in total. The Labute approximate surface area is 173 Å². The second-order valence-electron chi connectivity index (χ2n) is 6.10. The Bertz CT molecular complexity index is 931. The number of hydrogen-bond donors (Lipinski definition) is 1. The Hall–Kier alpha value is -3.00. The maximum absolute atomic E-state index is 13.0. The summed E-state index contributed by atoms with van der Waals surface area (Å²) in [6.07, 6.45) is 2.80. The number of nitrogens with zero attached hydrogens (tertiary/aromatic N) is 1. The molecule has 0 aliphatic rings. The molecule has 0 bridgehead atoms. The summed E-state index contributed by atoms with van der Waals surface area (Å²) in [7, 11) is 1.24. The first-order valence-corrected chi connectivity index (χ1v) is 9.89. The lowest BCUT2D eigenvalue weighted by atomic mass is 10.1. The molecule has 0 fully saturated rings. The van der Waals surface area contributed by atoms with E-state index in [-0.39, 0.29) is 22.3 Å². The number of methoxy groups -OCH3 is 1. The molecule has 0 atom stereocenters. The summed E-state index contributed by atoms with van der Waals surface area (Å²) in [6.45, 7) is 6.46. The van der Waals surface area contributed by atoms with Crippen LogP contribution in [0, 0.1) is 12.7 Å². The van der Waals surface area contributed by atoms with Crippen molar-refractivity contribution in [3.63, 3.8) is 0 Å². The maximum Gasteiger partial charge on any atom is 0.341 e. The van der Waals surface area contributed by atoms with Crippen molar-refractivity contribution in [3.05, 3.63) is 57.7 Å². The van der Waals surface area contributed by atoms with Gasteiger partial charge in [0.1, 0.15) is 10.8 Å². The number of carbonyl (C=O) groups is 3. The SMILES string of the molecule is CCN(CC)C(=O)c1sc(NC(=O)C=Cc2ccc(F)cc2)c(C(=O)OC)c1C. The Kier molecular flexibility index (Phi) is 7.67. The van der Waals surface area contributed by atoms with E-state index in [1.165, 1.54) is 43.5 Å². The van der Waals surface area contributed by atoms with Crippen LogP contribution in [0.4, 0.5) is 9.39 Å². The highest BCUT2D eigenvalue weighted by atomic mass is 32.1. The summed E-state index contributed by atoms with van der Waals surface area (Å²) < 4.78 is 17.8. The van der Waals surface area contributed by atoms with Gasteiger partial charge in [-0.3, -0.25) is 9.59 Å². The van der Waals surface area contributed by atoms with E-state index >= 15 is 0 Å². The summed E-state index contributed by atoms with van der Waals surface area (Å²) in [5.74, 6) is -1.68. The van der Waals surface area contributed by atoms with E-state index in [1.54, 1.807) is 11.8 Å². The number of anilines is 1. The molecule has 1 N–H and O–H groups in total. The molecule has 0 saturated heterocycles. The number of hydrogen-bond acceptors (Lipinski definition) is 5. The van der Waals surface area contributed by atoms with Crippen LogP contribution in [0.1, 0.15) is 45.0 Å². The number of esters is 1. The number of amides is 2. The maximum atomic E-state index is 13.0. The minimum Gasteiger partial charge on any atom is -0.465 e. The summed E-state index contributed by atoms with van der Waals surface area (Å²) in [5.41, 5.74) is 1.28. The van der Waals surface area contributed by atoms with Crippen molar-refractivity contribution in [2.45, 2.75) is 20.8 Å². The molecule has 29 heavy (non-hydrogen) atoms. The number of halogens is 1. The van der Waals surface area contributed by atoms with Gasteiger partial charge in [0.25, 0.3) is 5.91 Å². The molecular weight excluding hydrogens is 395 g/mol. The van der Waals surface area contributed by atoms with Crippen LogP contribution in [0.5, 0.6) is 0 Å². The number of rotatable bonds is 7. The van der Waals surface area contributed by atoms with Crippen LogP contribution in [0.2, 0.25) is 0 Å². The van der Waals surface area contributed by atoms with Crippen LogP contribution < -0.4 is 5.32 Å². The van der Waals surface area contributed by atoms with Crippen molar-refractivity contribution in [2.24, 2.45) is 0 Å². The van der Waals surface area contributed by atoms with Crippen molar-refractivity contribution in [3.8, 4) is 0 Å². The first kappa shape index (κ1) is 22.3. The quantitative estimate of drug-likeness (QED) is 0.542. The van der Waals surface area contributed by atoms with Crippen molar-refractivity contribution in [1.82, 2.24) is 4.90 Å². The average molecular weight is 418 g/mol. The second kappa shape index (κ2) is 9.97. The molecular formula is C21H23FN2O4S. The third-order valence-electron chi connectivity index (χ3n) is 4.32. The first-order chi connectivity index (χ1) is 13.8. The zero-order valence-corrected chi connectivity index (χ0v) is 17.6. The molecule has 154 valence electrons. The minimum absolute atomic E-state index is 0.163. The third kappa shape index (κ3) is 5.29. The fraction of sp³-hybridized carbons (Fsp3) is 0.286. The van der Waals surface area contributed by atoms with Crippen LogP contribution in [-0.4, -0.2) is 42.9 Å². The molecule has 1 heterocycles. The summed E-state index contributed by atoms with van der Waals surface area (Å²) in [5, 5.41) is 2.89. The van der Waals surface area contributed by atoms with Gasteiger partial charge in [0.2, 0.25) is 5.91 Å². The molecule has 2 aromatic rings. The molecule has 0 aliphatic heterocycles. The van der Waals surface area contributed by atoms with E-state index < -0.39 is 11.9 Å². The molecule has 2 rings (SSSR count). The fourth-order valence-corrected chi connectivity index (χ4v) is 3.87. The standard InChI is InChI=1S/C21H23FN2O4S/c1-5-24(6-2)20(26)18-13(3)17(21(27)28-4)19(29-18)23-16(25)12-9-14-7-10-15(22)11-8-14/h7-12H,5-6H2,1-4H3,(H,23,25). The van der Waals surface area contributed by atoms with Gasteiger partial charge in [-0.1, -0.05) is 12.1 Å². The van der Waals surface area contributed by atoms with Gasteiger partial charge in [0.15, 0.2) is 0 Å². The first-order valence-electron chi connectivity index (χ1n) is 9.07. The van der Waals surface area contributed by atoms with Crippen LogP contribution in [0.15, 0.2) is 30.3 Å². The van der Waals surface area contributed by atoms with E-state index in [1.807, 2.05) is 13.8 Å². The van der Waals surface area contributed by atoms with Gasteiger partial charge in [-0.2, -0.15) is 0 Å². The Morgan fingerprint density at radius 1 is 1.17 bits per heavy atom. The van der Waals surface area contributed by atoms with Gasteiger partial charge in [-0.25, -0.2) is 9.18 Å². The van der Waals surface area contributed by atoms with Gasteiger partial charge in [-0.15, -0.1) is 11.3 Å². The largest absolute Gasteiger partial charge is 0.465 e. The number of carbonyl (C=O) groups excluding carboxylic acids is 3. The van der Waals surface area contributed by atoms with Crippen LogP contribution in [-0.2, 0) is 9.53 Å². The topological polar surface area (TPSA) is 75.7 Å². The highest BCUT2D eigenvalue weighted by molar-refractivity contribution is 7.18. The van der Waals surface area contributed by atoms with E-state index in [2.05, 4.69) is 5.32 Å². The van der Waals surface area contributed by atoms with Gasteiger partial charge in [0, 0.05) is 19.2 Å². The zero-order valence-electron chi connectivity index (χ0n) is 16.7. The molecule has 8 heteroatoms. The number of nitrogens with one attached hydrogen (secondary N) is 1. The van der Waals surface area contributed by atoms with Crippen molar-refractivity contribution < 1.29 is 23.5 Å². The number of benzene rings is 1. The molecule has 0 unspecified atom stereocenters. The zero-order chi connectivity index (χ0) is 21.6. The Morgan fingerprint density at radius 2 is 1.79 bits per heavy atom. The third-order valence-corrected chi connectivity index (χ3v) is 5.51. The van der Waals surface area contributed by atoms with Crippen molar-refractivity contribution in [2.75, 3.05) is 25.5 Å². The minimum atomic E-state index is -0.629. The van der Waals surface area contributed by atoms with Crippen LogP contribution in [0.3, 0.4) is 0 Å². The second-order valence-corrected chi connectivity index (χ2v) is 7.12. The van der Waals surface area contributed by atoms with E-state index in [4.69, 9.17) is 4.74 Å². The summed E-state index contributed by atoms with van der Waals surface area (Å²) in [4.78, 5) is 39.4. The highest BCUT2D eigenvalue weighted by Crippen LogP contribution is 2.34. The molecule has 1 aromatic carbocycles. The van der Waals surface area contributed by atoms with Gasteiger partial charge in [-0.05, 0) is 50.1 Å². The van der Waals surface area contributed by atoms with Gasteiger partial charge >= 0.3 is 5.97 Å². The van der Waals surface area contributed by atoms with E-state index in [0.717, 1.165) is 11.3 Å². The predicted octanol–water partition coefficient (Wildman–Crippen LogP) is 4.12. The lowest BCUT2D eigenvalue weighted by Gasteiger charge is -2.17. The van der Waals surface area contributed by atoms with Crippen molar-refractivity contribution >= 4 is 40.2 Å². The normalized spacial score (nSPS) is 10.8. The predicted molar refractivity (Wildman–Crippen MR) is 112 cm³/mol. The smallest absolute Gasteiger partial charge is 0.341 e. The summed E-state index contributed by atoms with van der Waals surface area (Å²) in [6, 6.07) is 5.66. The molecule has 0 radical (unpaired) electrons. The van der Waals surface area contributed by atoms with Crippen LogP contribution >= 0.6 is 11.3 Å².